The Morgan fingerprint density at radius 2 is 2.05 bits per heavy atom. The fraction of sp³-hybridized carbons (Fsp3) is 0.0667. The number of benzene rings is 2. The number of halogens is 1. The van der Waals surface area contributed by atoms with Gasteiger partial charge in [-0.3, -0.25) is 0 Å². The van der Waals surface area contributed by atoms with E-state index in [9.17, 15) is 4.79 Å². The Morgan fingerprint density at radius 3 is 2.75 bits per heavy atom. The van der Waals surface area contributed by atoms with Crippen LogP contribution in [0.2, 0.25) is 0 Å². The maximum atomic E-state index is 11.0. The number of rotatable bonds is 2. The van der Waals surface area contributed by atoms with Crippen LogP contribution in [-0.4, -0.2) is 21.0 Å². The van der Waals surface area contributed by atoms with Crippen molar-refractivity contribution < 1.29 is 9.90 Å². The highest BCUT2D eigenvalue weighted by Gasteiger charge is 2.10. The van der Waals surface area contributed by atoms with Crippen LogP contribution in [0.5, 0.6) is 0 Å². The molecule has 0 saturated carbocycles. The summed E-state index contributed by atoms with van der Waals surface area (Å²) in [6.45, 7) is 2.01. The number of carbonyl (C=O) groups is 1. The molecule has 0 spiro atoms. The summed E-state index contributed by atoms with van der Waals surface area (Å²) in [6.07, 6.45) is 0. The van der Waals surface area contributed by atoms with Crippen LogP contribution >= 0.6 is 15.9 Å². The van der Waals surface area contributed by atoms with Gasteiger partial charge in [0, 0.05) is 10.0 Å². The largest absolute Gasteiger partial charge is 0.478 e. The first-order valence-electron chi connectivity index (χ1n) is 6.04. The van der Waals surface area contributed by atoms with E-state index >= 15 is 0 Å². The molecule has 0 radical (unpaired) electrons. The molecule has 0 bridgehead atoms. The Balaban J connectivity index is 2.15. The van der Waals surface area contributed by atoms with Gasteiger partial charge in [-0.2, -0.15) is 0 Å². The molecule has 0 atom stereocenters. The molecule has 0 fully saturated rings. The molecule has 2 N–H and O–H groups in total. The number of aromatic amines is 1. The molecule has 0 unspecified atom stereocenters. The number of carboxylic acid groups (broad SMARTS) is 1. The minimum Gasteiger partial charge on any atom is -0.478 e. The van der Waals surface area contributed by atoms with Gasteiger partial charge in [0.2, 0.25) is 0 Å². The van der Waals surface area contributed by atoms with E-state index in [0.29, 0.717) is 0 Å². The summed E-state index contributed by atoms with van der Waals surface area (Å²) < 4.78 is 1.02. The van der Waals surface area contributed by atoms with E-state index in [2.05, 4.69) is 25.9 Å². The molecule has 100 valence electrons. The summed E-state index contributed by atoms with van der Waals surface area (Å²) in [4.78, 5) is 18.7. The highest BCUT2D eigenvalue weighted by molar-refractivity contribution is 9.10. The molecule has 1 heterocycles. The van der Waals surface area contributed by atoms with Gasteiger partial charge in [-0.25, -0.2) is 9.78 Å². The number of imidazole rings is 1. The van der Waals surface area contributed by atoms with Gasteiger partial charge in [0.1, 0.15) is 5.82 Å². The smallest absolute Gasteiger partial charge is 0.335 e. The molecular formula is C15H11BrN2O2. The summed E-state index contributed by atoms with van der Waals surface area (Å²) in [6, 6.07) is 10.8. The molecule has 4 nitrogen and oxygen atoms in total. The highest BCUT2D eigenvalue weighted by Crippen LogP contribution is 2.26. The van der Waals surface area contributed by atoms with Crippen molar-refractivity contribution in [2.24, 2.45) is 0 Å². The predicted octanol–water partition coefficient (Wildman–Crippen LogP) is 4.00. The van der Waals surface area contributed by atoms with Crippen LogP contribution < -0.4 is 0 Å². The fourth-order valence-electron chi connectivity index (χ4n) is 2.16. The summed E-state index contributed by atoms with van der Waals surface area (Å²) in [7, 11) is 0. The molecule has 0 amide bonds. The van der Waals surface area contributed by atoms with Crippen LogP contribution in [0, 0.1) is 6.92 Å². The second-order valence-electron chi connectivity index (χ2n) is 4.58. The van der Waals surface area contributed by atoms with E-state index in [1.807, 2.05) is 25.1 Å². The Bertz CT molecular complexity index is 824. The van der Waals surface area contributed by atoms with Crippen molar-refractivity contribution in [3.8, 4) is 11.4 Å². The number of H-pyrrole nitrogens is 1. The zero-order valence-corrected chi connectivity index (χ0v) is 12.2. The van der Waals surface area contributed by atoms with Crippen molar-refractivity contribution in [1.82, 2.24) is 9.97 Å². The zero-order chi connectivity index (χ0) is 14.3. The van der Waals surface area contributed by atoms with Crippen molar-refractivity contribution in [3.63, 3.8) is 0 Å². The number of carboxylic acids is 1. The van der Waals surface area contributed by atoms with Crippen LogP contribution in [0.15, 0.2) is 40.9 Å². The number of hydrogen-bond donors (Lipinski definition) is 2. The molecule has 1 aromatic heterocycles. The molecule has 5 heteroatoms. The lowest BCUT2D eigenvalue weighted by Gasteiger charge is -2.02. The first-order chi connectivity index (χ1) is 9.54. The summed E-state index contributed by atoms with van der Waals surface area (Å²) in [5.41, 5.74) is 3.83. The lowest BCUT2D eigenvalue weighted by atomic mass is 10.1. The Kier molecular flexibility index (Phi) is 3.06. The molecule has 0 aliphatic rings. The number of hydrogen-bond acceptors (Lipinski definition) is 2. The second-order valence-corrected chi connectivity index (χ2v) is 5.50. The van der Waals surface area contributed by atoms with Crippen LogP contribution in [0.3, 0.4) is 0 Å². The maximum Gasteiger partial charge on any atom is 0.335 e. The third kappa shape index (κ3) is 2.20. The van der Waals surface area contributed by atoms with Gasteiger partial charge in [-0.05, 0) is 48.9 Å². The van der Waals surface area contributed by atoms with E-state index in [4.69, 9.17) is 5.11 Å². The molecule has 2 aromatic carbocycles. The quantitative estimate of drug-likeness (QED) is 0.746. The second kappa shape index (κ2) is 4.76. The number of fused-ring (bicyclic) bond motifs is 1. The maximum absolute atomic E-state index is 11.0. The average molecular weight is 331 g/mol. The van der Waals surface area contributed by atoms with Crippen molar-refractivity contribution >= 4 is 32.9 Å². The van der Waals surface area contributed by atoms with Gasteiger partial charge in [-0.1, -0.05) is 15.9 Å². The van der Waals surface area contributed by atoms with E-state index in [0.717, 1.165) is 32.5 Å². The summed E-state index contributed by atoms with van der Waals surface area (Å²) >= 11 is 3.43. The standard InChI is InChI=1S/C15H11BrN2O2/c1-8-6-10(16)3-4-11(8)14-17-12-5-2-9(15(19)20)7-13(12)18-14/h2-7H,1H3,(H,17,18)(H,19,20). The third-order valence-corrected chi connectivity index (χ3v) is 3.67. The van der Waals surface area contributed by atoms with Crippen molar-refractivity contribution in [2.45, 2.75) is 6.92 Å². The molecule has 0 aliphatic carbocycles. The van der Waals surface area contributed by atoms with Gasteiger partial charge in [0.25, 0.3) is 0 Å². The van der Waals surface area contributed by atoms with Crippen LogP contribution in [0.1, 0.15) is 15.9 Å². The minimum absolute atomic E-state index is 0.250. The SMILES string of the molecule is Cc1cc(Br)ccc1-c1nc2ccc(C(=O)O)cc2[nH]1. The Hall–Kier alpha value is -2.14. The number of aryl methyl sites for hydroxylation is 1. The number of nitrogens with one attached hydrogen (secondary N) is 1. The van der Waals surface area contributed by atoms with Gasteiger partial charge in [0.15, 0.2) is 0 Å². The average Bonchev–Trinajstić information content (AvgIpc) is 2.80. The van der Waals surface area contributed by atoms with Crippen molar-refractivity contribution in [1.29, 1.82) is 0 Å². The zero-order valence-electron chi connectivity index (χ0n) is 10.6. The molecule has 20 heavy (non-hydrogen) atoms. The predicted molar refractivity (Wildman–Crippen MR) is 80.9 cm³/mol. The molecule has 0 saturated heterocycles. The van der Waals surface area contributed by atoms with E-state index in [1.54, 1.807) is 18.2 Å². The van der Waals surface area contributed by atoms with Gasteiger partial charge >= 0.3 is 5.97 Å². The summed E-state index contributed by atoms with van der Waals surface area (Å²) in [5, 5.41) is 9.00. The Labute approximate surface area is 123 Å². The van der Waals surface area contributed by atoms with Crippen LogP contribution in [-0.2, 0) is 0 Å². The molecule has 3 rings (SSSR count). The lowest BCUT2D eigenvalue weighted by molar-refractivity contribution is 0.0697. The third-order valence-electron chi connectivity index (χ3n) is 3.17. The van der Waals surface area contributed by atoms with E-state index in [-0.39, 0.29) is 5.56 Å². The van der Waals surface area contributed by atoms with Crippen LogP contribution in [0.4, 0.5) is 0 Å². The fourth-order valence-corrected chi connectivity index (χ4v) is 2.64. The monoisotopic (exact) mass is 330 g/mol. The van der Waals surface area contributed by atoms with Crippen LogP contribution in [0.25, 0.3) is 22.4 Å². The van der Waals surface area contributed by atoms with E-state index in [1.165, 1.54) is 0 Å². The molecule has 3 aromatic rings. The number of aromatic nitrogens is 2. The molecular weight excluding hydrogens is 320 g/mol. The van der Waals surface area contributed by atoms with Gasteiger partial charge in [-0.15, -0.1) is 0 Å². The molecule has 0 aliphatic heterocycles. The lowest BCUT2D eigenvalue weighted by Crippen LogP contribution is -1.94. The highest BCUT2D eigenvalue weighted by atomic mass is 79.9. The van der Waals surface area contributed by atoms with Gasteiger partial charge < -0.3 is 10.1 Å². The topological polar surface area (TPSA) is 66.0 Å². The first-order valence-corrected chi connectivity index (χ1v) is 6.83. The first kappa shape index (κ1) is 12.9. The summed E-state index contributed by atoms with van der Waals surface area (Å²) in [5.74, 6) is -0.199. The van der Waals surface area contributed by atoms with Crippen molar-refractivity contribution in [2.75, 3.05) is 0 Å². The number of nitrogens with zero attached hydrogens (tertiary/aromatic N) is 1. The van der Waals surface area contributed by atoms with Crippen molar-refractivity contribution in [3.05, 3.63) is 52.0 Å². The van der Waals surface area contributed by atoms with Gasteiger partial charge in [0.05, 0.1) is 16.6 Å². The number of aromatic carboxylic acids is 1. The normalized spacial score (nSPS) is 10.9. The minimum atomic E-state index is -0.942. The Morgan fingerprint density at radius 1 is 1.25 bits per heavy atom. The van der Waals surface area contributed by atoms with E-state index < -0.39 is 5.97 Å².